The van der Waals surface area contributed by atoms with Crippen molar-refractivity contribution in [3.05, 3.63) is 52.4 Å². The Bertz CT molecular complexity index is 1050. The van der Waals surface area contributed by atoms with Crippen molar-refractivity contribution in [3.8, 4) is 11.1 Å². The summed E-state index contributed by atoms with van der Waals surface area (Å²) in [7, 11) is 0. The Morgan fingerprint density at radius 1 is 1.13 bits per heavy atom. The Hall–Kier alpha value is -2.93. The van der Waals surface area contributed by atoms with Crippen LogP contribution in [0.15, 0.2) is 36.4 Å². The number of allylic oxidation sites excluding steroid dienone is 2. The summed E-state index contributed by atoms with van der Waals surface area (Å²) in [6.45, 7) is 3.96. The lowest BCUT2D eigenvalue weighted by atomic mass is 9.82. The molecular weight excluding hydrogens is 400 g/mol. The summed E-state index contributed by atoms with van der Waals surface area (Å²) in [4.78, 5) is 38.0. The number of carboxylic acids is 1. The van der Waals surface area contributed by atoms with Crippen LogP contribution in [-0.4, -0.2) is 22.9 Å². The van der Waals surface area contributed by atoms with Gasteiger partial charge in [0.25, 0.3) is 5.91 Å². The summed E-state index contributed by atoms with van der Waals surface area (Å²) in [6, 6.07) is 7.92. The number of amides is 2. The zero-order chi connectivity index (χ0) is 21.6. The molecule has 2 bridgehead atoms. The number of rotatable bonds is 6. The van der Waals surface area contributed by atoms with Gasteiger partial charge in [-0.15, -0.1) is 11.3 Å². The van der Waals surface area contributed by atoms with E-state index in [1.54, 1.807) is 0 Å². The number of nitrogens with two attached hydrogens (primary N) is 1. The third-order valence-electron chi connectivity index (χ3n) is 6.27. The minimum Gasteiger partial charge on any atom is -0.481 e. The lowest BCUT2D eigenvalue weighted by molar-refractivity contribution is -0.146. The topological polar surface area (TPSA) is 109 Å². The molecule has 0 unspecified atom stereocenters. The number of carbonyl (C=O) groups is 3. The molecule has 0 saturated heterocycles. The van der Waals surface area contributed by atoms with E-state index in [1.807, 2.05) is 43.3 Å². The summed E-state index contributed by atoms with van der Waals surface area (Å²) in [5.74, 6) is -3.53. The van der Waals surface area contributed by atoms with Crippen LogP contribution in [0, 0.1) is 30.6 Å². The third-order valence-corrected chi connectivity index (χ3v) is 7.29. The molecule has 1 heterocycles. The molecule has 1 saturated carbocycles. The van der Waals surface area contributed by atoms with Gasteiger partial charge in [-0.3, -0.25) is 14.4 Å². The van der Waals surface area contributed by atoms with Gasteiger partial charge in [0, 0.05) is 10.4 Å². The highest BCUT2D eigenvalue weighted by Crippen LogP contribution is 2.49. The van der Waals surface area contributed by atoms with E-state index in [9.17, 15) is 19.5 Å². The predicted octanol–water partition coefficient (Wildman–Crippen LogP) is 3.85. The fourth-order valence-electron chi connectivity index (χ4n) is 4.83. The van der Waals surface area contributed by atoms with Crippen LogP contribution in [-0.2, 0) is 16.0 Å². The van der Waals surface area contributed by atoms with Gasteiger partial charge >= 0.3 is 5.97 Å². The van der Waals surface area contributed by atoms with Gasteiger partial charge in [0.1, 0.15) is 5.00 Å². The van der Waals surface area contributed by atoms with Crippen LogP contribution >= 0.6 is 11.3 Å². The van der Waals surface area contributed by atoms with Gasteiger partial charge in [-0.25, -0.2) is 0 Å². The Kier molecular flexibility index (Phi) is 5.24. The molecule has 6 nitrogen and oxygen atoms in total. The maximum atomic E-state index is 13.1. The van der Waals surface area contributed by atoms with Crippen LogP contribution in [0.1, 0.15) is 34.1 Å². The second-order valence-corrected chi connectivity index (χ2v) is 9.20. The highest BCUT2D eigenvalue weighted by Gasteiger charge is 2.51. The van der Waals surface area contributed by atoms with E-state index in [1.165, 1.54) is 16.9 Å². The number of carbonyl (C=O) groups excluding carboxylic acids is 2. The third kappa shape index (κ3) is 3.33. The summed E-state index contributed by atoms with van der Waals surface area (Å²) in [6.07, 6.45) is 5.42. The first-order valence-corrected chi connectivity index (χ1v) is 10.9. The predicted molar refractivity (Wildman–Crippen MR) is 116 cm³/mol. The molecule has 4 atom stereocenters. The number of hydrogen-bond donors (Lipinski definition) is 3. The average molecular weight is 425 g/mol. The minimum absolute atomic E-state index is 0.0877. The molecular formula is C23H24N2O4S. The number of carboxylic acid groups (broad SMARTS) is 1. The molecule has 2 aliphatic carbocycles. The number of aliphatic carboxylic acids is 1. The van der Waals surface area contributed by atoms with E-state index in [2.05, 4.69) is 12.2 Å². The van der Waals surface area contributed by atoms with Crippen molar-refractivity contribution in [2.75, 3.05) is 5.32 Å². The van der Waals surface area contributed by atoms with E-state index in [4.69, 9.17) is 5.73 Å². The van der Waals surface area contributed by atoms with Gasteiger partial charge < -0.3 is 16.2 Å². The van der Waals surface area contributed by atoms with Crippen molar-refractivity contribution >= 4 is 34.1 Å². The molecule has 0 aliphatic heterocycles. The fourth-order valence-corrected chi connectivity index (χ4v) is 5.92. The Balaban J connectivity index is 1.68. The SMILES string of the molecule is CCc1ccc(-c2c(C)sc(NC(=O)[C@@H]3[C@@H](C(=O)O)[C@H]4C=C[C@H]3C4)c2C(N)=O)cc1. The van der Waals surface area contributed by atoms with E-state index in [0.29, 0.717) is 17.0 Å². The maximum absolute atomic E-state index is 13.1. The molecule has 0 spiro atoms. The molecule has 7 heteroatoms. The second kappa shape index (κ2) is 7.72. The molecule has 4 rings (SSSR count). The number of hydrogen-bond acceptors (Lipinski definition) is 4. The van der Waals surface area contributed by atoms with Gasteiger partial charge in [0.15, 0.2) is 0 Å². The zero-order valence-corrected chi connectivity index (χ0v) is 17.7. The van der Waals surface area contributed by atoms with Gasteiger partial charge in [0.2, 0.25) is 5.91 Å². The molecule has 0 radical (unpaired) electrons. The number of anilines is 1. The zero-order valence-electron chi connectivity index (χ0n) is 16.8. The molecule has 156 valence electrons. The van der Waals surface area contributed by atoms with Gasteiger partial charge in [0.05, 0.1) is 17.4 Å². The van der Waals surface area contributed by atoms with Crippen LogP contribution in [0.5, 0.6) is 0 Å². The van der Waals surface area contributed by atoms with E-state index in [-0.39, 0.29) is 23.3 Å². The van der Waals surface area contributed by atoms with Crippen molar-refractivity contribution in [1.82, 2.24) is 0 Å². The number of fused-ring (bicyclic) bond motifs is 2. The fraction of sp³-hybridized carbons (Fsp3) is 0.348. The van der Waals surface area contributed by atoms with Crippen molar-refractivity contribution in [2.45, 2.75) is 26.7 Å². The van der Waals surface area contributed by atoms with Crippen LogP contribution in [0.2, 0.25) is 0 Å². The normalized spacial score (nSPS) is 24.2. The highest BCUT2D eigenvalue weighted by molar-refractivity contribution is 7.17. The maximum Gasteiger partial charge on any atom is 0.307 e. The van der Waals surface area contributed by atoms with E-state index in [0.717, 1.165) is 16.9 Å². The van der Waals surface area contributed by atoms with Crippen LogP contribution in [0.4, 0.5) is 5.00 Å². The molecule has 1 fully saturated rings. The first-order valence-electron chi connectivity index (χ1n) is 10.1. The standard InChI is InChI=1S/C23H24N2O4S/c1-3-12-4-6-13(7-5-12)16-11(2)30-22(19(16)20(24)26)25-21(27)17-14-8-9-15(10-14)18(17)23(28)29/h4-9,14-15,17-18H,3,10H2,1-2H3,(H2,24,26)(H,25,27)(H,28,29)/t14-,15-,17-,18-/m0/s1. The lowest BCUT2D eigenvalue weighted by Crippen LogP contribution is -2.36. The van der Waals surface area contributed by atoms with Crippen molar-refractivity contribution in [2.24, 2.45) is 29.4 Å². The number of primary amides is 1. The van der Waals surface area contributed by atoms with Gasteiger partial charge in [-0.2, -0.15) is 0 Å². The van der Waals surface area contributed by atoms with E-state index >= 15 is 0 Å². The molecule has 30 heavy (non-hydrogen) atoms. The van der Waals surface area contributed by atoms with Gasteiger partial charge in [-0.05, 0) is 42.7 Å². The highest BCUT2D eigenvalue weighted by atomic mass is 32.1. The van der Waals surface area contributed by atoms with Crippen LogP contribution in [0.25, 0.3) is 11.1 Å². The molecule has 2 amide bonds. The number of thiophene rings is 1. The quantitative estimate of drug-likeness (QED) is 0.612. The summed E-state index contributed by atoms with van der Waals surface area (Å²) >= 11 is 1.29. The van der Waals surface area contributed by atoms with Crippen LogP contribution < -0.4 is 11.1 Å². The van der Waals surface area contributed by atoms with Crippen molar-refractivity contribution in [3.63, 3.8) is 0 Å². The average Bonchev–Trinajstić information content (AvgIpc) is 3.40. The minimum atomic E-state index is -0.957. The summed E-state index contributed by atoms with van der Waals surface area (Å²) in [5.41, 5.74) is 8.74. The molecule has 1 aromatic heterocycles. The van der Waals surface area contributed by atoms with Crippen LogP contribution in [0.3, 0.4) is 0 Å². The molecule has 2 aromatic rings. The summed E-state index contributed by atoms with van der Waals surface area (Å²) < 4.78 is 0. The number of benzene rings is 1. The van der Waals surface area contributed by atoms with Crippen molar-refractivity contribution < 1.29 is 19.5 Å². The lowest BCUT2D eigenvalue weighted by Gasteiger charge is -2.23. The largest absolute Gasteiger partial charge is 0.481 e. The van der Waals surface area contributed by atoms with E-state index < -0.39 is 23.7 Å². The number of nitrogens with one attached hydrogen (secondary N) is 1. The first-order chi connectivity index (χ1) is 14.3. The molecule has 2 aliphatic rings. The molecule has 1 aromatic carbocycles. The Labute approximate surface area is 178 Å². The Morgan fingerprint density at radius 2 is 1.77 bits per heavy atom. The Morgan fingerprint density at radius 3 is 2.33 bits per heavy atom. The van der Waals surface area contributed by atoms with Gasteiger partial charge in [-0.1, -0.05) is 43.3 Å². The molecule has 4 N–H and O–H groups in total. The second-order valence-electron chi connectivity index (χ2n) is 7.98. The number of aryl methyl sites for hydroxylation is 2. The van der Waals surface area contributed by atoms with Crippen molar-refractivity contribution in [1.29, 1.82) is 0 Å². The first kappa shape index (κ1) is 20.3. The monoisotopic (exact) mass is 424 g/mol. The summed E-state index contributed by atoms with van der Waals surface area (Å²) in [5, 5.41) is 12.8. The smallest absolute Gasteiger partial charge is 0.307 e.